The Morgan fingerprint density at radius 3 is 2.44 bits per heavy atom. The second-order valence-corrected chi connectivity index (χ2v) is 7.99. The fourth-order valence-electron chi connectivity index (χ4n) is 3.62. The topological polar surface area (TPSA) is 71.5 Å². The van der Waals surface area contributed by atoms with Gasteiger partial charge in [0.1, 0.15) is 11.4 Å². The Morgan fingerprint density at radius 2 is 1.78 bits per heavy atom. The maximum Gasteiger partial charge on any atom is 0.278 e. The molecule has 0 fully saturated rings. The molecule has 162 valence electrons. The molecule has 0 aliphatic carbocycles. The van der Waals surface area contributed by atoms with Gasteiger partial charge >= 0.3 is 0 Å². The highest BCUT2D eigenvalue weighted by Gasteiger charge is 2.39. The van der Waals surface area contributed by atoms with E-state index in [1.807, 2.05) is 75.4 Å². The zero-order valence-corrected chi connectivity index (χ0v) is 18.3. The van der Waals surface area contributed by atoms with Gasteiger partial charge in [-0.2, -0.15) is 0 Å². The van der Waals surface area contributed by atoms with Crippen LogP contribution in [0.4, 0.5) is 5.69 Å². The van der Waals surface area contributed by atoms with Crippen LogP contribution >= 0.6 is 0 Å². The second-order valence-electron chi connectivity index (χ2n) is 7.99. The number of imide groups is 1. The zero-order valence-electron chi connectivity index (χ0n) is 18.3. The van der Waals surface area contributed by atoms with Gasteiger partial charge in [-0.25, -0.2) is 0 Å². The molecule has 3 aromatic rings. The van der Waals surface area contributed by atoms with Crippen LogP contribution in [0.15, 0.2) is 78.8 Å². The van der Waals surface area contributed by atoms with Crippen molar-refractivity contribution in [3.05, 3.63) is 95.4 Å². The minimum atomic E-state index is -0.363. The summed E-state index contributed by atoms with van der Waals surface area (Å²) in [5.41, 5.74) is 3.85. The van der Waals surface area contributed by atoms with Crippen molar-refractivity contribution < 1.29 is 14.3 Å². The molecule has 0 bridgehead atoms. The van der Waals surface area contributed by atoms with Crippen molar-refractivity contribution in [2.45, 2.75) is 33.4 Å². The Morgan fingerprint density at radius 1 is 1.00 bits per heavy atom. The molecule has 2 aromatic carbocycles. The van der Waals surface area contributed by atoms with Crippen molar-refractivity contribution in [2.24, 2.45) is 0 Å². The highest BCUT2D eigenvalue weighted by Crippen LogP contribution is 2.32. The molecule has 0 atom stereocenters. The van der Waals surface area contributed by atoms with Crippen LogP contribution in [0.25, 0.3) is 5.57 Å². The maximum absolute atomic E-state index is 13.4. The largest absolute Gasteiger partial charge is 0.491 e. The Bertz CT molecular complexity index is 1170. The van der Waals surface area contributed by atoms with Gasteiger partial charge in [0.05, 0.1) is 18.2 Å². The van der Waals surface area contributed by atoms with Gasteiger partial charge in [0.2, 0.25) is 0 Å². The summed E-state index contributed by atoms with van der Waals surface area (Å²) in [5, 5.41) is 3.19. The molecular weight excluding hydrogens is 402 g/mol. The molecule has 6 nitrogen and oxygen atoms in total. The Kier molecular flexibility index (Phi) is 6.03. The van der Waals surface area contributed by atoms with Gasteiger partial charge in [-0.15, -0.1) is 0 Å². The average molecular weight is 428 g/mol. The summed E-state index contributed by atoms with van der Waals surface area (Å²) < 4.78 is 5.71. The van der Waals surface area contributed by atoms with E-state index >= 15 is 0 Å². The van der Waals surface area contributed by atoms with Crippen LogP contribution < -0.4 is 10.1 Å². The van der Waals surface area contributed by atoms with Gasteiger partial charge in [0.15, 0.2) is 0 Å². The van der Waals surface area contributed by atoms with Crippen LogP contribution in [-0.2, 0) is 16.1 Å². The van der Waals surface area contributed by atoms with Gasteiger partial charge in [-0.3, -0.25) is 19.5 Å². The molecule has 1 N–H and O–H groups in total. The Balaban J connectivity index is 1.72. The first-order valence-electron chi connectivity index (χ1n) is 10.5. The molecule has 1 aliphatic heterocycles. The lowest BCUT2D eigenvalue weighted by atomic mass is 10.0. The lowest BCUT2D eigenvalue weighted by molar-refractivity contribution is -0.137. The van der Waals surface area contributed by atoms with Gasteiger partial charge in [0.25, 0.3) is 11.8 Å². The molecule has 1 aliphatic rings. The Hall–Kier alpha value is -3.93. The molecule has 1 aromatic heterocycles. The smallest absolute Gasteiger partial charge is 0.278 e. The molecule has 0 saturated carbocycles. The van der Waals surface area contributed by atoms with E-state index in [9.17, 15) is 9.59 Å². The standard InChI is InChI=1S/C26H25N3O3/c1-17(2)32-22-11-9-20(10-12-22)23-24(28-21-8-4-6-18(3)14-21)26(31)29(25(23)30)16-19-7-5-13-27-15-19/h4-15,17,28H,16H2,1-3H3. The molecule has 0 spiro atoms. The predicted octanol–water partition coefficient (Wildman–Crippen LogP) is 4.57. The van der Waals surface area contributed by atoms with E-state index < -0.39 is 0 Å². The van der Waals surface area contributed by atoms with E-state index in [2.05, 4.69) is 10.3 Å². The Labute approximate surface area is 187 Å². The number of aromatic nitrogens is 1. The number of hydrogen-bond acceptors (Lipinski definition) is 5. The molecule has 0 radical (unpaired) electrons. The summed E-state index contributed by atoms with van der Waals surface area (Å²) in [6.07, 6.45) is 3.36. The van der Waals surface area contributed by atoms with Crippen molar-refractivity contribution in [2.75, 3.05) is 5.32 Å². The monoisotopic (exact) mass is 427 g/mol. The molecule has 2 amide bonds. The first-order valence-corrected chi connectivity index (χ1v) is 10.5. The summed E-state index contributed by atoms with van der Waals surface area (Å²) in [6, 6.07) is 18.6. The summed E-state index contributed by atoms with van der Waals surface area (Å²) in [4.78, 5) is 32.1. The van der Waals surface area contributed by atoms with E-state index in [-0.39, 0.29) is 30.2 Å². The van der Waals surface area contributed by atoms with Crippen LogP contribution in [-0.4, -0.2) is 27.8 Å². The third-order valence-corrected chi connectivity index (χ3v) is 5.03. The number of nitrogens with one attached hydrogen (secondary N) is 1. The molecule has 6 heteroatoms. The van der Waals surface area contributed by atoms with Crippen LogP contribution in [0, 0.1) is 6.92 Å². The van der Waals surface area contributed by atoms with Crippen molar-refractivity contribution in [1.82, 2.24) is 9.88 Å². The number of hydrogen-bond donors (Lipinski definition) is 1. The number of anilines is 1. The summed E-state index contributed by atoms with van der Waals surface area (Å²) in [5.74, 6) is 0.00549. The van der Waals surface area contributed by atoms with E-state index in [1.54, 1.807) is 18.5 Å². The summed E-state index contributed by atoms with van der Waals surface area (Å²) >= 11 is 0. The number of amides is 2. The third-order valence-electron chi connectivity index (χ3n) is 5.03. The van der Waals surface area contributed by atoms with Crippen molar-refractivity contribution >= 4 is 23.1 Å². The van der Waals surface area contributed by atoms with Gasteiger partial charge in [-0.1, -0.05) is 30.3 Å². The van der Waals surface area contributed by atoms with Crippen LogP contribution in [0.3, 0.4) is 0 Å². The van der Waals surface area contributed by atoms with Crippen molar-refractivity contribution in [3.63, 3.8) is 0 Å². The number of aryl methyl sites for hydroxylation is 1. The maximum atomic E-state index is 13.4. The minimum Gasteiger partial charge on any atom is -0.491 e. The second kappa shape index (κ2) is 9.06. The first-order chi connectivity index (χ1) is 15.4. The highest BCUT2D eigenvalue weighted by atomic mass is 16.5. The number of carbonyl (C=O) groups excluding carboxylic acids is 2. The number of rotatable bonds is 7. The molecule has 32 heavy (non-hydrogen) atoms. The number of nitrogens with zero attached hydrogens (tertiary/aromatic N) is 2. The lowest BCUT2D eigenvalue weighted by Crippen LogP contribution is -2.32. The fourth-order valence-corrected chi connectivity index (χ4v) is 3.62. The van der Waals surface area contributed by atoms with Crippen molar-refractivity contribution in [1.29, 1.82) is 0 Å². The van der Waals surface area contributed by atoms with E-state index in [1.165, 1.54) is 4.90 Å². The number of ether oxygens (including phenoxy) is 1. The summed E-state index contributed by atoms with van der Waals surface area (Å²) in [7, 11) is 0. The van der Waals surface area contributed by atoms with Gasteiger partial charge < -0.3 is 10.1 Å². The van der Waals surface area contributed by atoms with Gasteiger partial charge in [0, 0.05) is 18.1 Å². The quantitative estimate of drug-likeness (QED) is 0.559. The van der Waals surface area contributed by atoms with Crippen molar-refractivity contribution in [3.8, 4) is 5.75 Å². The zero-order chi connectivity index (χ0) is 22.7. The molecule has 0 unspecified atom stereocenters. The normalized spacial score (nSPS) is 13.8. The average Bonchev–Trinajstić information content (AvgIpc) is 2.99. The number of carbonyl (C=O) groups is 2. The molecule has 0 saturated heterocycles. The third kappa shape index (κ3) is 4.54. The minimum absolute atomic E-state index is 0.0447. The van der Waals surface area contributed by atoms with E-state index in [4.69, 9.17) is 4.74 Å². The highest BCUT2D eigenvalue weighted by molar-refractivity contribution is 6.36. The lowest BCUT2D eigenvalue weighted by Gasteiger charge is -2.15. The predicted molar refractivity (Wildman–Crippen MR) is 124 cm³/mol. The molecular formula is C26H25N3O3. The van der Waals surface area contributed by atoms with Crippen LogP contribution in [0.5, 0.6) is 5.75 Å². The first kappa shape index (κ1) is 21.3. The van der Waals surface area contributed by atoms with E-state index in [0.717, 1.165) is 16.8 Å². The van der Waals surface area contributed by atoms with Gasteiger partial charge in [-0.05, 0) is 67.8 Å². The fraction of sp³-hybridized carbons (Fsp3) is 0.192. The molecule has 4 rings (SSSR count). The molecule has 2 heterocycles. The summed E-state index contributed by atoms with van der Waals surface area (Å²) in [6.45, 7) is 6.04. The number of pyridine rings is 1. The van der Waals surface area contributed by atoms with Crippen LogP contribution in [0.2, 0.25) is 0 Å². The number of benzene rings is 2. The van der Waals surface area contributed by atoms with E-state index in [0.29, 0.717) is 16.9 Å². The van der Waals surface area contributed by atoms with Crippen LogP contribution in [0.1, 0.15) is 30.5 Å². The SMILES string of the molecule is Cc1cccc(NC2=C(c3ccc(OC(C)C)cc3)C(=O)N(Cc3cccnc3)C2=O)c1.